The van der Waals surface area contributed by atoms with E-state index in [1.54, 1.807) is 20.8 Å². The van der Waals surface area contributed by atoms with E-state index in [-0.39, 0.29) is 11.5 Å². The Morgan fingerprint density at radius 3 is 2.12 bits per heavy atom. The van der Waals surface area contributed by atoms with Crippen molar-refractivity contribution in [3.8, 4) is 0 Å². The average molecular weight is 248 g/mol. The molecule has 0 amide bonds. The van der Waals surface area contributed by atoms with Crippen molar-refractivity contribution in [2.75, 3.05) is 0 Å². The van der Waals surface area contributed by atoms with Gasteiger partial charge in [-0.2, -0.15) is 8.78 Å². The van der Waals surface area contributed by atoms with Gasteiger partial charge in [-0.05, 0) is 31.9 Å². The molecule has 1 N–H and O–H groups in total. The van der Waals surface area contributed by atoms with Crippen molar-refractivity contribution in [1.29, 1.82) is 0 Å². The van der Waals surface area contributed by atoms with Crippen molar-refractivity contribution in [1.82, 2.24) is 0 Å². The van der Waals surface area contributed by atoms with Crippen molar-refractivity contribution in [2.24, 2.45) is 0 Å². The molecule has 0 atom stereocenters. The van der Waals surface area contributed by atoms with E-state index in [0.717, 1.165) is 5.57 Å². The fourth-order valence-electron chi connectivity index (χ4n) is 0.858. The number of rotatable bonds is 5. The molecule has 0 aromatic carbocycles. The van der Waals surface area contributed by atoms with E-state index in [1.807, 2.05) is 13.8 Å². The Kier molecular flexibility index (Phi) is 10.5. The zero-order chi connectivity index (χ0) is 14.0. The number of hydrogen-bond acceptors (Lipinski definition) is 2. The molecule has 0 fully saturated rings. The molecule has 4 heteroatoms. The van der Waals surface area contributed by atoms with Crippen LogP contribution < -0.4 is 0 Å². The normalized spacial score (nSPS) is 11.1. The van der Waals surface area contributed by atoms with Gasteiger partial charge in [0.25, 0.3) is 0 Å². The molecule has 0 radical (unpaired) electrons. The van der Waals surface area contributed by atoms with Gasteiger partial charge < -0.3 is 9.84 Å². The predicted molar refractivity (Wildman–Crippen MR) is 67.0 cm³/mol. The Morgan fingerprint density at radius 2 is 1.82 bits per heavy atom. The second-order valence-electron chi connectivity index (χ2n) is 3.27. The number of allylic oxidation sites excluding steroid dienone is 3. The number of hydrogen-bond donors (Lipinski definition) is 1. The van der Waals surface area contributed by atoms with Crippen molar-refractivity contribution in [3.05, 3.63) is 35.3 Å². The molecule has 0 saturated heterocycles. The number of alkyl halides is 2. The van der Waals surface area contributed by atoms with E-state index >= 15 is 0 Å². The SMILES string of the molecule is C=C(CC)/C(O)=C(\C=C(C)C)OC(F)F.CC. The summed E-state index contributed by atoms with van der Waals surface area (Å²) in [6, 6.07) is 0. The monoisotopic (exact) mass is 248 g/mol. The zero-order valence-electron chi connectivity index (χ0n) is 11.2. The lowest BCUT2D eigenvalue weighted by Crippen LogP contribution is -2.02. The van der Waals surface area contributed by atoms with Crippen LogP contribution in [-0.2, 0) is 4.74 Å². The molecule has 0 aliphatic heterocycles. The predicted octanol–water partition coefficient (Wildman–Crippen LogP) is 4.95. The Labute approximate surface area is 102 Å². The van der Waals surface area contributed by atoms with Crippen molar-refractivity contribution >= 4 is 0 Å². The highest BCUT2D eigenvalue weighted by Gasteiger charge is 2.12. The fourth-order valence-corrected chi connectivity index (χ4v) is 0.858. The van der Waals surface area contributed by atoms with Crippen LogP contribution in [0, 0.1) is 0 Å². The second kappa shape index (κ2) is 9.87. The van der Waals surface area contributed by atoms with Crippen LogP contribution >= 0.6 is 0 Å². The van der Waals surface area contributed by atoms with Gasteiger partial charge in [-0.3, -0.25) is 0 Å². The number of aliphatic hydroxyl groups is 1. The minimum absolute atomic E-state index is 0.239. The molecule has 0 aliphatic rings. The largest absolute Gasteiger partial charge is 0.504 e. The van der Waals surface area contributed by atoms with Gasteiger partial charge >= 0.3 is 6.61 Å². The Balaban J connectivity index is 0. The van der Waals surface area contributed by atoms with Crippen LogP contribution in [0.25, 0.3) is 0 Å². The van der Waals surface area contributed by atoms with Crippen LogP contribution in [0.5, 0.6) is 0 Å². The highest BCUT2D eigenvalue weighted by atomic mass is 19.3. The summed E-state index contributed by atoms with van der Waals surface area (Å²) in [6.45, 7) is 9.79. The third-order valence-corrected chi connectivity index (χ3v) is 1.63. The van der Waals surface area contributed by atoms with E-state index in [1.165, 1.54) is 6.08 Å². The molecule has 0 saturated carbocycles. The van der Waals surface area contributed by atoms with Crippen LogP contribution in [0.2, 0.25) is 0 Å². The van der Waals surface area contributed by atoms with Crippen LogP contribution in [-0.4, -0.2) is 11.7 Å². The topological polar surface area (TPSA) is 29.5 Å². The van der Waals surface area contributed by atoms with Gasteiger partial charge in [-0.15, -0.1) is 0 Å². The fraction of sp³-hybridized carbons (Fsp3) is 0.538. The average Bonchev–Trinajstić information content (AvgIpc) is 2.27. The van der Waals surface area contributed by atoms with Gasteiger partial charge in [-0.25, -0.2) is 0 Å². The van der Waals surface area contributed by atoms with E-state index in [4.69, 9.17) is 0 Å². The summed E-state index contributed by atoms with van der Waals surface area (Å²) in [4.78, 5) is 0. The number of halogens is 2. The maximum atomic E-state index is 12.0. The first-order valence-corrected chi connectivity index (χ1v) is 5.59. The summed E-state index contributed by atoms with van der Waals surface area (Å²) >= 11 is 0. The molecule has 2 nitrogen and oxygen atoms in total. The van der Waals surface area contributed by atoms with Gasteiger partial charge in [0.15, 0.2) is 11.5 Å². The lowest BCUT2D eigenvalue weighted by Gasteiger charge is -2.10. The molecule has 100 valence electrons. The lowest BCUT2D eigenvalue weighted by atomic mass is 10.1. The van der Waals surface area contributed by atoms with Gasteiger partial charge in [0.05, 0.1) is 0 Å². The molecule has 0 aromatic rings. The molecular weight excluding hydrogens is 226 g/mol. The van der Waals surface area contributed by atoms with Gasteiger partial charge in [0.1, 0.15) is 0 Å². The smallest absolute Gasteiger partial charge is 0.387 e. The molecule has 0 rings (SSSR count). The highest BCUT2D eigenvalue weighted by molar-refractivity contribution is 5.31. The summed E-state index contributed by atoms with van der Waals surface area (Å²) in [5.74, 6) is -0.559. The summed E-state index contributed by atoms with van der Waals surface area (Å²) in [6.07, 6.45) is 1.82. The minimum atomic E-state index is -2.96. The number of ether oxygens (including phenoxy) is 1. The molecule has 17 heavy (non-hydrogen) atoms. The Hall–Kier alpha value is -1.32. The summed E-state index contributed by atoms with van der Waals surface area (Å²) in [5, 5.41) is 9.55. The Morgan fingerprint density at radius 1 is 1.35 bits per heavy atom. The minimum Gasteiger partial charge on any atom is -0.504 e. The zero-order valence-corrected chi connectivity index (χ0v) is 11.2. The van der Waals surface area contributed by atoms with E-state index < -0.39 is 6.61 Å². The van der Waals surface area contributed by atoms with E-state index in [2.05, 4.69) is 11.3 Å². The molecule has 0 aromatic heterocycles. The van der Waals surface area contributed by atoms with Crippen LogP contribution in [0.15, 0.2) is 35.3 Å². The molecule has 0 aliphatic carbocycles. The first-order valence-electron chi connectivity index (χ1n) is 5.59. The summed E-state index contributed by atoms with van der Waals surface area (Å²) in [5.41, 5.74) is 1.12. The van der Waals surface area contributed by atoms with Crippen molar-refractivity contribution in [3.63, 3.8) is 0 Å². The molecule has 0 spiro atoms. The van der Waals surface area contributed by atoms with Gasteiger partial charge in [-0.1, -0.05) is 32.9 Å². The summed E-state index contributed by atoms with van der Waals surface area (Å²) in [7, 11) is 0. The second-order valence-corrected chi connectivity index (χ2v) is 3.27. The molecule has 0 unspecified atom stereocenters. The van der Waals surface area contributed by atoms with Crippen molar-refractivity contribution in [2.45, 2.75) is 47.7 Å². The maximum Gasteiger partial charge on any atom is 0.387 e. The third kappa shape index (κ3) is 8.48. The van der Waals surface area contributed by atoms with Crippen LogP contribution in [0.4, 0.5) is 8.78 Å². The summed E-state index contributed by atoms with van der Waals surface area (Å²) < 4.78 is 28.3. The molecular formula is C13H22F2O2. The molecule has 0 bridgehead atoms. The van der Waals surface area contributed by atoms with Gasteiger partial charge in [0, 0.05) is 0 Å². The van der Waals surface area contributed by atoms with E-state index in [0.29, 0.717) is 12.0 Å². The standard InChI is InChI=1S/C11H16F2O2.C2H6/c1-5-8(4)10(14)9(6-7(2)3)15-11(12)13;1-2/h6,11,14H,4-5H2,1-3H3;1-2H3/b10-9-;. The first kappa shape index (κ1) is 18.1. The van der Waals surface area contributed by atoms with Crippen LogP contribution in [0.3, 0.4) is 0 Å². The maximum absolute atomic E-state index is 12.0. The Bertz CT molecular complexity index is 288. The third-order valence-electron chi connectivity index (χ3n) is 1.63. The highest BCUT2D eigenvalue weighted by Crippen LogP contribution is 2.19. The number of aliphatic hydroxyl groups excluding tert-OH is 1. The van der Waals surface area contributed by atoms with Crippen molar-refractivity contribution < 1.29 is 18.6 Å². The van der Waals surface area contributed by atoms with Crippen LogP contribution in [0.1, 0.15) is 41.0 Å². The van der Waals surface area contributed by atoms with E-state index in [9.17, 15) is 13.9 Å². The quantitative estimate of drug-likeness (QED) is 0.550. The lowest BCUT2D eigenvalue weighted by molar-refractivity contribution is -0.0948. The van der Waals surface area contributed by atoms with Gasteiger partial charge in [0.2, 0.25) is 0 Å². The molecule has 0 heterocycles. The first-order chi connectivity index (χ1) is 7.88.